The van der Waals surface area contributed by atoms with Crippen LogP contribution < -0.4 is 10.1 Å². The molecule has 0 aromatic heterocycles. The fourth-order valence-electron chi connectivity index (χ4n) is 1.81. The molecule has 21 heavy (non-hydrogen) atoms. The van der Waals surface area contributed by atoms with Gasteiger partial charge in [-0.3, -0.25) is 0 Å². The highest BCUT2D eigenvalue weighted by Crippen LogP contribution is 2.23. The van der Waals surface area contributed by atoms with Crippen LogP contribution in [-0.2, 0) is 0 Å². The van der Waals surface area contributed by atoms with E-state index in [4.69, 9.17) is 4.74 Å². The van der Waals surface area contributed by atoms with Crippen molar-refractivity contribution in [1.82, 2.24) is 0 Å². The minimum atomic E-state index is -0.587. The molecule has 0 saturated carbocycles. The van der Waals surface area contributed by atoms with Crippen LogP contribution in [0.15, 0.2) is 51.4 Å². The van der Waals surface area contributed by atoms with E-state index in [1.54, 1.807) is 0 Å². The largest absolute Gasteiger partial charge is 0.491 e. The van der Waals surface area contributed by atoms with Gasteiger partial charge in [-0.15, -0.1) is 0 Å². The first kappa shape index (κ1) is 16.3. The molecule has 0 aliphatic carbocycles. The number of nitrogens with one attached hydrogen (secondary N) is 1. The van der Waals surface area contributed by atoms with Gasteiger partial charge in [-0.1, -0.05) is 28.1 Å². The van der Waals surface area contributed by atoms with E-state index in [-0.39, 0.29) is 6.61 Å². The number of benzene rings is 2. The molecule has 0 aliphatic heterocycles. The Morgan fingerprint density at radius 1 is 1.19 bits per heavy atom. The summed E-state index contributed by atoms with van der Waals surface area (Å²) in [7, 11) is 0. The van der Waals surface area contributed by atoms with Gasteiger partial charge in [-0.2, -0.15) is 0 Å². The van der Waals surface area contributed by atoms with Crippen LogP contribution in [0.3, 0.4) is 0 Å². The van der Waals surface area contributed by atoms with Gasteiger partial charge in [0.2, 0.25) is 0 Å². The summed E-state index contributed by atoms with van der Waals surface area (Å²) >= 11 is 6.87. The summed E-state index contributed by atoms with van der Waals surface area (Å²) in [5, 5.41) is 13.2. The molecule has 1 atom stereocenters. The fourth-order valence-corrected chi connectivity index (χ4v) is 2.58. The summed E-state index contributed by atoms with van der Waals surface area (Å²) in [5.74, 6) is 0.736. The Labute approximate surface area is 141 Å². The standard InChI is InChI=1S/C16H17Br2NO2/c1-11-5-6-15(18)16(7-11)19-9-13(20)10-21-14-4-2-3-12(17)8-14/h2-8,13,19-20H,9-10H2,1H3. The average molecular weight is 415 g/mol. The van der Waals surface area contributed by atoms with E-state index in [0.29, 0.717) is 6.54 Å². The Morgan fingerprint density at radius 2 is 2.00 bits per heavy atom. The zero-order chi connectivity index (χ0) is 15.2. The lowest BCUT2D eigenvalue weighted by Crippen LogP contribution is -2.26. The van der Waals surface area contributed by atoms with Crippen LogP contribution in [0.4, 0.5) is 5.69 Å². The molecule has 2 aromatic carbocycles. The maximum Gasteiger partial charge on any atom is 0.120 e. The summed E-state index contributed by atoms with van der Waals surface area (Å²) in [4.78, 5) is 0. The summed E-state index contributed by atoms with van der Waals surface area (Å²) in [5.41, 5.74) is 2.14. The SMILES string of the molecule is Cc1ccc(Br)c(NCC(O)COc2cccc(Br)c2)c1. The zero-order valence-corrected chi connectivity index (χ0v) is 14.8. The molecule has 1 unspecified atom stereocenters. The Balaban J connectivity index is 1.82. The summed E-state index contributed by atoms with van der Waals surface area (Å²) < 4.78 is 7.49. The van der Waals surface area contributed by atoms with E-state index >= 15 is 0 Å². The van der Waals surface area contributed by atoms with Crippen molar-refractivity contribution in [3.8, 4) is 5.75 Å². The van der Waals surface area contributed by atoms with Crippen molar-refractivity contribution in [2.45, 2.75) is 13.0 Å². The lowest BCUT2D eigenvalue weighted by Gasteiger charge is -2.15. The van der Waals surface area contributed by atoms with E-state index in [1.165, 1.54) is 5.56 Å². The van der Waals surface area contributed by atoms with Gasteiger partial charge in [0.05, 0.1) is 0 Å². The molecular weight excluding hydrogens is 398 g/mol. The first-order valence-corrected chi connectivity index (χ1v) is 8.19. The topological polar surface area (TPSA) is 41.5 Å². The van der Waals surface area contributed by atoms with Crippen molar-refractivity contribution >= 4 is 37.5 Å². The molecule has 0 bridgehead atoms. The van der Waals surface area contributed by atoms with Crippen molar-refractivity contribution in [1.29, 1.82) is 0 Å². The maximum atomic E-state index is 9.99. The molecule has 0 spiro atoms. The molecular formula is C16H17Br2NO2. The second kappa shape index (κ2) is 7.82. The number of aliphatic hydroxyl groups is 1. The number of aryl methyl sites for hydroxylation is 1. The van der Waals surface area contributed by atoms with Crippen molar-refractivity contribution < 1.29 is 9.84 Å². The Morgan fingerprint density at radius 3 is 2.76 bits per heavy atom. The van der Waals surface area contributed by atoms with Crippen LogP contribution in [0.5, 0.6) is 5.75 Å². The molecule has 3 nitrogen and oxygen atoms in total. The predicted molar refractivity (Wildman–Crippen MR) is 93.0 cm³/mol. The van der Waals surface area contributed by atoms with E-state index < -0.39 is 6.10 Å². The van der Waals surface area contributed by atoms with Gasteiger partial charge >= 0.3 is 0 Å². The third kappa shape index (κ3) is 5.34. The zero-order valence-electron chi connectivity index (χ0n) is 11.6. The lowest BCUT2D eigenvalue weighted by atomic mass is 10.2. The number of ether oxygens (including phenoxy) is 1. The third-order valence-electron chi connectivity index (χ3n) is 2.89. The minimum Gasteiger partial charge on any atom is -0.491 e. The molecule has 2 rings (SSSR count). The van der Waals surface area contributed by atoms with Gasteiger partial charge in [0.25, 0.3) is 0 Å². The molecule has 2 aromatic rings. The van der Waals surface area contributed by atoms with Crippen LogP contribution in [0, 0.1) is 6.92 Å². The van der Waals surface area contributed by atoms with E-state index in [9.17, 15) is 5.11 Å². The molecule has 0 radical (unpaired) electrons. The second-order valence-electron chi connectivity index (χ2n) is 4.79. The van der Waals surface area contributed by atoms with E-state index in [0.717, 1.165) is 20.4 Å². The first-order valence-electron chi connectivity index (χ1n) is 6.61. The van der Waals surface area contributed by atoms with Crippen LogP contribution in [0.2, 0.25) is 0 Å². The molecule has 2 N–H and O–H groups in total. The second-order valence-corrected chi connectivity index (χ2v) is 6.56. The van der Waals surface area contributed by atoms with Crippen LogP contribution in [0.1, 0.15) is 5.56 Å². The van der Waals surface area contributed by atoms with Gasteiger partial charge in [0.1, 0.15) is 18.5 Å². The molecule has 0 fully saturated rings. The van der Waals surface area contributed by atoms with Crippen molar-refractivity contribution in [3.05, 3.63) is 57.0 Å². The average Bonchev–Trinajstić information content (AvgIpc) is 2.46. The summed E-state index contributed by atoms with van der Waals surface area (Å²) in [6.45, 7) is 2.70. The Bertz CT molecular complexity index is 605. The molecule has 0 saturated heterocycles. The molecule has 112 valence electrons. The summed E-state index contributed by atoms with van der Waals surface area (Å²) in [6.07, 6.45) is -0.587. The van der Waals surface area contributed by atoms with Crippen molar-refractivity contribution in [2.75, 3.05) is 18.5 Å². The highest BCUT2D eigenvalue weighted by Gasteiger charge is 2.07. The van der Waals surface area contributed by atoms with E-state index in [2.05, 4.69) is 37.2 Å². The monoisotopic (exact) mass is 413 g/mol. The Kier molecular flexibility index (Phi) is 6.08. The van der Waals surface area contributed by atoms with Crippen molar-refractivity contribution in [2.24, 2.45) is 0 Å². The van der Waals surface area contributed by atoms with E-state index in [1.807, 2.05) is 49.4 Å². The number of aliphatic hydroxyl groups excluding tert-OH is 1. The van der Waals surface area contributed by atoms with Gasteiger partial charge < -0.3 is 15.2 Å². The van der Waals surface area contributed by atoms with Crippen LogP contribution >= 0.6 is 31.9 Å². The number of hydrogen-bond acceptors (Lipinski definition) is 3. The van der Waals surface area contributed by atoms with Gasteiger partial charge in [-0.25, -0.2) is 0 Å². The van der Waals surface area contributed by atoms with Gasteiger partial charge in [0, 0.05) is 21.2 Å². The predicted octanol–water partition coefficient (Wildman–Crippen LogP) is 4.37. The molecule has 0 aliphatic rings. The highest BCUT2D eigenvalue weighted by atomic mass is 79.9. The molecule has 0 amide bonds. The lowest BCUT2D eigenvalue weighted by molar-refractivity contribution is 0.117. The van der Waals surface area contributed by atoms with Crippen molar-refractivity contribution in [3.63, 3.8) is 0 Å². The molecule has 5 heteroatoms. The minimum absolute atomic E-state index is 0.243. The summed E-state index contributed by atoms with van der Waals surface area (Å²) in [6, 6.07) is 13.6. The van der Waals surface area contributed by atoms with Gasteiger partial charge in [0.15, 0.2) is 0 Å². The Hall–Kier alpha value is -1.04. The third-order valence-corrected chi connectivity index (χ3v) is 4.07. The number of halogens is 2. The number of rotatable bonds is 6. The fraction of sp³-hybridized carbons (Fsp3) is 0.250. The molecule has 0 heterocycles. The van der Waals surface area contributed by atoms with Crippen LogP contribution in [0.25, 0.3) is 0 Å². The smallest absolute Gasteiger partial charge is 0.120 e. The van der Waals surface area contributed by atoms with Gasteiger partial charge in [-0.05, 0) is 58.7 Å². The highest BCUT2D eigenvalue weighted by molar-refractivity contribution is 9.10. The van der Waals surface area contributed by atoms with Crippen LogP contribution in [-0.4, -0.2) is 24.4 Å². The quantitative estimate of drug-likeness (QED) is 0.737. The number of hydrogen-bond donors (Lipinski definition) is 2. The first-order chi connectivity index (χ1) is 10.0. The number of anilines is 1. The maximum absolute atomic E-state index is 9.99. The normalized spacial score (nSPS) is 12.0.